The molecule has 0 amide bonds. The quantitative estimate of drug-likeness (QED) is 0.479. The minimum atomic E-state index is -0.388. The van der Waals surface area contributed by atoms with Crippen LogP contribution in [0.1, 0.15) is 31.3 Å². The van der Waals surface area contributed by atoms with Crippen LogP contribution < -0.4 is 5.32 Å². The zero-order valence-electron chi connectivity index (χ0n) is 12.2. The van der Waals surface area contributed by atoms with E-state index in [4.69, 9.17) is 0 Å². The summed E-state index contributed by atoms with van der Waals surface area (Å²) in [4.78, 5) is 14.4. The number of aromatic nitrogens is 3. The molecule has 0 aliphatic carbocycles. The second kappa shape index (κ2) is 6.94. The van der Waals surface area contributed by atoms with E-state index in [-0.39, 0.29) is 10.6 Å². The molecule has 7 heteroatoms. The Bertz CT molecular complexity index is 592. The molecule has 0 fully saturated rings. The Morgan fingerprint density at radius 1 is 1.33 bits per heavy atom. The van der Waals surface area contributed by atoms with Crippen LogP contribution in [0.25, 0.3) is 0 Å². The first kappa shape index (κ1) is 15.1. The smallest absolute Gasteiger partial charge is 0.269 e. The van der Waals surface area contributed by atoms with Gasteiger partial charge in [-0.15, -0.1) is 0 Å². The van der Waals surface area contributed by atoms with E-state index in [1.54, 1.807) is 18.5 Å². The Morgan fingerprint density at radius 3 is 2.67 bits per heavy atom. The average molecular weight is 289 g/mol. The number of hydrogen-bond donors (Lipinski definition) is 1. The third-order valence-corrected chi connectivity index (χ3v) is 3.16. The monoisotopic (exact) mass is 289 g/mol. The second-order valence-corrected chi connectivity index (χ2v) is 5.06. The number of nitrogens with one attached hydrogen (secondary N) is 1. The highest BCUT2D eigenvalue weighted by molar-refractivity contribution is 5.32. The fourth-order valence-corrected chi connectivity index (χ4v) is 2.05. The molecule has 7 nitrogen and oxygen atoms in total. The second-order valence-electron chi connectivity index (χ2n) is 5.06. The highest BCUT2D eigenvalue weighted by Crippen LogP contribution is 2.12. The van der Waals surface area contributed by atoms with Crippen LogP contribution in [0.4, 0.5) is 5.69 Å². The molecule has 1 aromatic heterocycles. The predicted octanol–water partition coefficient (Wildman–Crippen LogP) is 2.10. The van der Waals surface area contributed by atoms with Crippen LogP contribution in [-0.4, -0.2) is 26.2 Å². The molecule has 0 spiro atoms. The molecule has 112 valence electrons. The number of non-ortho nitro benzene ring substituents is 1. The van der Waals surface area contributed by atoms with Gasteiger partial charge in [-0.1, -0.05) is 12.1 Å². The van der Waals surface area contributed by atoms with Gasteiger partial charge in [-0.25, -0.2) is 9.67 Å². The first-order valence-electron chi connectivity index (χ1n) is 6.90. The molecule has 0 atom stereocenters. The molecular weight excluding hydrogens is 270 g/mol. The Kier molecular flexibility index (Phi) is 4.99. The first-order valence-corrected chi connectivity index (χ1v) is 6.90. The van der Waals surface area contributed by atoms with Crippen molar-refractivity contribution >= 4 is 5.69 Å². The highest BCUT2D eigenvalue weighted by Gasteiger charge is 2.07. The lowest BCUT2D eigenvalue weighted by Gasteiger charge is -2.10. The van der Waals surface area contributed by atoms with Crippen molar-refractivity contribution in [2.45, 2.75) is 32.9 Å². The maximum absolute atomic E-state index is 10.6. The van der Waals surface area contributed by atoms with Gasteiger partial charge in [-0.05, 0) is 32.4 Å². The SMILES string of the molecule is CC(C)n1ncnc1CNCCc1ccc([N+](=O)[O-])cc1. The molecule has 2 aromatic rings. The third-order valence-electron chi connectivity index (χ3n) is 3.16. The summed E-state index contributed by atoms with van der Waals surface area (Å²) in [6.07, 6.45) is 2.38. The van der Waals surface area contributed by atoms with E-state index >= 15 is 0 Å². The van der Waals surface area contributed by atoms with Crippen molar-refractivity contribution in [1.82, 2.24) is 20.1 Å². The maximum Gasteiger partial charge on any atom is 0.269 e. The normalized spacial score (nSPS) is 11.0. The molecule has 0 aliphatic heterocycles. The molecule has 21 heavy (non-hydrogen) atoms. The minimum Gasteiger partial charge on any atom is -0.310 e. The van der Waals surface area contributed by atoms with Crippen molar-refractivity contribution in [2.75, 3.05) is 6.54 Å². The van der Waals surface area contributed by atoms with Gasteiger partial charge in [0, 0.05) is 18.2 Å². The van der Waals surface area contributed by atoms with Gasteiger partial charge in [0.1, 0.15) is 12.2 Å². The number of nitro benzene ring substituents is 1. The lowest BCUT2D eigenvalue weighted by molar-refractivity contribution is -0.384. The lowest BCUT2D eigenvalue weighted by atomic mass is 10.1. The predicted molar refractivity (Wildman–Crippen MR) is 78.9 cm³/mol. The standard InChI is InChI=1S/C14H19N5O2/c1-11(2)18-14(16-10-17-18)9-15-8-7-12-3-5-13(6-4-12)19(20)21/h3-6,10-11,15H,7-9H2,1-2H3. The van der Waals surface area contributed by atoms with Crippen LogP contribution >= 0.6 is 0 Å². The highest BCUT2D eigenvalue weighted by atomic mass is 16.6. The fourth-order valence-electron chi connectivity index (χ4n) is 2.05. The molecule has 2 rings (SSSR count). The Morgan fingerprint density at radius 2 is 2.05 bits per heavy atom. The minimum absolute atomic E-state index is 0.122. The van der Waals surface area contributed by atoms with E-state index in [1.807, 2.05) is 4.68 Å². The molecule has 0 unspecified atom stereocenters. The van der Waals surface area contributed by atoms with Crippen molar-refractivity contribution in [3.8, 4) is 0 Å². The van der Waals surface area contributed by atoms with E-state index in [0.717, 1.165) is 24.4 Å². The van der Waals surface area contributed by atoms with E-state index in [9.17, 15) is 10.1 Å². The van der Waals surface area contributed by atoms with Crippen LogP contribution in [-0.2, 0) is 13.0 Å². The van der Waals surface area contributed by atoms with Crippen molar-refractivity contribution in [2.24, 2.45) is 0 Å². The number of hydrogen-bond acceptors (Lipinski definition) is 5. The van der Waals surface area contributed by atoms with Gasteiger partial charge in [0.05, 0.1) is 11.5 Å². The molecule has 0 bridgehead atoms. The number of rotatable bonds is 7. The first-order chi connectivity index (χ1) is 10.1. The molecule has 1 heterocycles. The van der Waals surface area contributed by atoms with Crippen LogP contribution in [0, 0.1) is 10.1 Å². The zero-order chi connectivity index (χ0) is 15.2. The summed E-state index contributed by atoms with van der Waals surface area (Å²) in [5, 5.41) is 18.1. The Hall–Kier alpha value is -2.28. The fraction of sp³-hybridized carbons (Fsp3) is 0.429. The van der Waals surface area contributed by atoms with Gasteiger partial charge in [0.15, 0.2) is 0 Å². The van der Waals surface area contributed by atoms with Crippen LogP contribution in [0.5, 0.6) is 0 Å². The largest absolute Gasteiger partial charge is 0.310 e. The van der Waals surface area contributed by atoms with E-state index in [0.29, 0.717) is 12.6 Å². The van der Waals surface area contributed by atoms with Gasteiger partial charge >= 0.3 is 0 Å². The average Bonchev–Trinajstić information content (AvgIpc) is 2.92. The van der Waals surface area contributed by atoms with E-state index in [2.05, 4.69) is 29.2 Å². The van der Waals surface area contributed by atoms with Crippen molar-refractivity contribution in [1.29, 1.82) is 0 Å². The van der Waals surface area contributed by atoms with Crippen LogP contribution in [0.15, 0.2) is 30.6 Å². The molecule has 0 saturated carbocycles. The van der Waals surface area contributed by atoms with E-state index < -0.39 is 0 Å². The van der Waals surface area contributed by atoms with Crippen molar-refractivity contribution < 1.29 is 4.92 Å². The third kappa shape index (κ3) is 4.09. The summed E-state index contributed by atoms with van der Waals surface area (Å²) in [7, 11) is 0. The number of nitrogens with zero attached hydrogens (tertiary/aromatic N) is 4. The zero-order valence-corrected chi connectivity index (χ0v) is 12.2. The van der Waals surface area contributed by atoms with Crippen molar-refractivity contribution in [3.63, 3.8) is 0 Å². The molecular formula is C14H19N5O2. The van der Waals surface area contributed by atoms with Gasteiger partial charge < -0.3 is 5.32 Å². The molecule has 0 radical (unpaired) electrons. The summed E-state index contributed by atoms with van der Waals surface area (Å²) in [6, 6.07) is 6.93. The summed E-state index contributed by atoms with van der Waals surface area (Å²) in [5.41, 5.74) is 1.19. The Labute approximate surface area is 123 Å². The van der Waals surface area contributed by atoms with Gasteiger partial charge in [0.25, 0.3) is 5.69 Å². The maximum atomic E-state index is 10.6. The molecule has 0 saturated heterocycles. The topological polar surface area (TPSA) is 85.9 Å². The summed E-state index contributed by atoms with van der Waals surface area (Å²) < 4.78 is 1.89. The molecule has 1 aromatic carbocycles. The number of nitro groups is 1. The van der Waals surface area contributed by atoms with Gasteiger partial charge in [-0.3, -0.25) is 10.1 Å². The molecule has 1 N–H and O–H groups in total. The summed E-state index contributed by atoms with van der Waals surface area (Å²) in [5.74, 6) is 0.911. The van der Waals surface area contributed by atoms with Gasteiger partial charge in [-0.2, -0.15) is 5.10 Å². The molecule has 0 aliphatic rings. The van der Waals surface area contributed by atoms with Crippen LogP contribution in [0.2, 0.25) is 0 Å². The lowest BCUT2D eigenvalue weighted by Crippen LogP contribution is -2.20. The number of benzene rings is 1. The van der Waals surface area contributed by atoms with Gasteiger partial charge in [0.2, 0.25) is 0 Å². The summed E-state index contributed by atoms with van der Waals surface area (Å²) in [6.45, 7) is 5.57. The summed E-state index contributed by atoms with van der Waals surface area (Å²) >= 11 is 0. The van der Waals surface area contributed by atoms with Crippen molar-refractivity contribution in [3.05, 3.63) is 52.1 Å². The van der Waals surface area contributed by atoms with E-state index in [1.165, 1.54) is 12.1 Å². The Balaban J connectivity index is 1.79. The van der Waals surface area contributed by atoms with Crippen LogP contribution in [0.3, 0.4) is 0 Å².